The van der Waals surface area contributed by atoms with Crippen LogP contribution >= 0.6 is 0 Å². The smallest absolute Gasteiger partial charge is 0.252 e. The van der Waals surface area contributed by atoms with Gasteiger partial charge in [0.25, 0.3) is 6.71 Å². The molecule has 0 radical (unpaired) electrons. The molecule has 2 nitrogen and oxygen atoms in total. The lowest BCUT2D eigenvalue weighted by Crippen LogP contribution is -2.59. The molecule has 0 atom stereocenters. The number of aryl methyl sites for hydroxylation is 6. The SMILES string of the molecule is Cc1ccc2c(c1)c1c3c4c(c5c6cc(C)ccc6c6cccc2c6c15)-n1c2ccc(C)cc2c2cc(C)cc(c21)B4c1cc(C)cc2c4cc(C)ccc4n-3c12. The van der Waals surface area contributed by atoms with E-state index in [9.17, 15) is 0 Å². The first-order chi connectivity index (χ1) is 27.7. The summed E-state index contributed by atoms with van der Waals surface area (Å²) >= 11 is 0. The minimum Gasteiger partial charge on any atom is -0.310 e. The molecule has 2 aliphatic heterocycles. The summed E-state index contributed by atoms with van der Waals surface area (Å²) in [6.45, 7) is 13.7. The summed E-state index contributed by atoms with van der Waals surface area (Å²) in [6, 6.07) is 45.6. The van der Waals surface area contributed by atoms with E-state index in [4.69, 9.17) is 0 Å². The van der Waals surface area contributed by atoms with E-state index in [-0.39, 0.29) is 6.71 Å². The number of fused-ring (bicyclic) bond motifs is 18. The molecule has 2 aromatic heterocycles. The van der Waals surface area contributed by atoms with E-state index in [2.05, 4.69) is 166 Å². The average Bonchev–Trinajstić information content (AvgIpc) is 3.68. The Morgan fingerprint density at radius 2 is 0.754 bits per heavy atom. The highest BCUT2D eigenvalue weighted by Gasteiger charge is 2.44. The molecule has 0 fully saturated rings. The summed E-state index contributed by atoms with van der Waals surface area (Å²) in [5, 5.41) is 18.9. The maximum absolute atomic E-state index is 2.71. The number of rotatable bonds is 0. The average molecular weight is 725 g/mol. The van der Waals surface area contributed by atoms with Crippen LogP contribution in [0.1, 0.15) is 33.4 Å². The van der Waals surface area contributed by atoms with Gasteiger partial charge in [-0.2, -0.15) is 0 Å². The van der Waals surface area contributed by atoms with Crippen molar-refractivity contribution < 1.29 is 0 Å². The lowest BCUT2D eigenvalue weighted by molar-refractivity contribution is 1.17. The third kappa shape index (κ3) is 3.45. The second kappa shape index (κ2) is 9.86. The summed E-state index contributed by atoms with van der Waals surface area (Å²) in [4.78, 5) is 0. The zero-order valence-corrected chi connectivity index (χ0v) is 32.9. The topological polar surface area (TPSA) is 9.86 Å². The van der Waals surface area contributed by atoms with Gasteiger partial charge in [0.05, 0.1) is 22.4 Å². The number of aromatic nitrogens is 2. The van der Waals surface area contributed by atoms with E-state index < -0.39 is 0 Å². The summed E-state index contributed by atoms with van der Waals surface area (Å²) in [6.07, 6.45) is 0. The standard InChI is InChI=1S/C54H37BN2/c1-26-10-14-32-34-8-7-9-35-33-15-11-27(2)21-39(33)48-49(46(34)35)47(38(32)20-26)53-50-54(48)57-45-17-13-29(4)19-37(45)41-23-31(6)25-43(52(41)57)55(50)42-24-30(5)22-40-36-18-28(3)12-16-44(36)56(53)51(40)42/h7-25H,1-6H3. The van der Waals surface area contributed by atoms with Crippen LogP contribution in [0.4, 0.5) is 0 Å². The molecule has 12 aromatic rings. The molecule has 0 spiro atoms. The van der Waals surface area contributed by atoms with Crippen molar-refractivity contribution in [1.82, 2.24) is 9.13 Å². The second-order valence-corrected chi connectivity index (χ2v) is 17.7. The van der Waals surface area contributed by atoms with Crippen molar-refractivity contribution in [2.24, 2.45) is 0 Å². The van der Waals surface area contributed by atoms with Crippen molar-refractivity contribution in [2.45, 2.75) is 41.5 Å². The van der Waals surface area contributed by atoms with Gasteiger partial charge >= 0.3 is 0 Å². The van der Waals surface area contributed by atoms with Crippen molar-refractivity contribution >= 4 is 121 Å². The quantitative estimate of drug-likeness (QED) is 0.0837. The number of hydrogen-bond acceptors (Lipinski definition) is 0. The Hall–Kier alpha value is -6.58. The molecule has 57 heavy (non-hydrogen) atoms. The highest BCUT2D eigenvalue weighted by atomic mass is 15.0. The lowest BCUT2D eigenvalue weighted by Gasteiger charge is -2.37. The van der Waals surface area contributed by atoms with Crippen LogP contribution in [0.2, 0.25) is 0 Å². The first-order valence-electron chi connectivity index (χ1n) is 20.5. The van der Waals surface area contributed by atoms with Gasteiger partial charge in [0.2, 0.25) is 0 Å². The van der Waals surface area contributed by atoms with Crippen LogP contribution in [-0.4, -0.2) is 15.8 Å². The van der Waals surface area contributed by atoms with Crippen molar-refractivity contribution in [3.63, 3.8) is 0 Å². The van der Waals surface area contributed by atoms with Crippen LogP contribution < -0.4 is 16.4 Å². The third-order valence-corrected chi connectivity index (χ3v) is 14.0. The Kier molecular flexibility index (Phi) is 5.30. The van der Waals surface area contributed by atoms with E-state index in [1.54, 1.807) is 0 Å². The Labute approximate surface area is 329 Å². The molecule has 10 aromatic carbocycles. The van der Waals surface area contributed by atoms with Gasteiger partial charge in [0.1, 0.15) is 0 Å². The highest BCUT2D eigenvalue weighted by Crippen LogP contribution is 2.52. The zero-order chi connectivity index (χ0) is 37.9. The van der Waals surface area contributed by atoms with Crippen LogP contribution in [0.25, 0.3) is 109 Å². The van der Waals surface area contributed by atoms with E-state index in [1.807, 2.05) is 0 Å². The predicted molar refractivity (Wildman–Crippen MR) is 247 cm³/mol. The largest absolute Gasteiger partial charge is 0.310 e. The summed E-state index contributed by atoms with van der Waals surface area (Å²) in [5.41, 5.74) is 20.0. The van der Waals surface area contributed by atoms with Crippen LogP contribution in [0.3, 0.4) is 0 Å². The molecule has 3 heteroatoms. The minimum atomic E-state index is 0.0530. The maximum atomic E-state index is 2.71. The monoisotopic (exact) mass is 724 g/mol. The van der Waals surface area contributed by atoms with Gasteiger partial charge in [-0.25, -0.2) is 0 Å². The van der Waals surface area contributed by atoms with E-state index in [0.717, 1.165) is 0 Å². The number of nitrogens with zero attached hydrogens (tertiary/aromatic N) is 2. The lowest BCUT2D eigenvalue weighted by atomic mass is 9.33. The van der Waals surface area contributed by atoms with Crippen molar-refractivity contribution in [1.29, 1.82) is 0 Å². The Balaban J connectivity index is 1.42. The fourth-order valence-electron chi connectivity index (χ4n) is 12.0. The van der Waals surface area contributed by atoms with Crippen molar-refractivity contribution in [2.75, 3.05) is 0 Å². The molecular formula is C54H37BN2. The molecule has 0 saturated heterocycles. The molecular weight excluding hydrogens is 687 g/mol. The molecule has 2 aliphatic rings. The van der Waals surface area contributed by atoms with Crippen LogP contribution in [0.5, 0.6) is 0 Å². The normalized spacial score (nSPS) is 13.4. The van der Waals surface area contributed by atoms with E-state index in [0.29, 0.717) is 0 Å². The third-order valence-electron chi connectivity index (χ3n) is 14.0. The molecule has 0 saturated carbocycles. The van der Waals surface area contributed by atoms with Gasteiger partial charge in [-0.1, -0.05) is 112 Å². The molecule has 0 N–H and O–H groups in total. The molecule has 4 heterocycles. The summed E-state index contributed by atoms with van der Waals surface area (Å²) < 4.78 is 5.42. The molecule has 0 aliphatic carbocycles. The highest BCUT2D eigenvalue weighted by molar-refractivity contribution is 7.01. The van der Waals surface area contributed by atoms with Crippen molar-refractivity contribution in [3.05, 3.63) is 149 Å². The molecule has 0 amide bonds. The van der Waals surface area contributed by atoms with Crippen LogP contribution in [-0.2, 0) is 0 Å². The summed E-state index contributed by atoms with van der Waals surface area (Å²) in [5.74, 6) is 0. The first-order valence-corrected chi connectivity index (χ1v) is 20.5. The van der Waals surface area contributed by atoms with Gasteiger partial charge in [0.15, 0.2) is 0 Å². The van der Waals surface area contributed by atoms with Gasteiger partial charge < -0.3 is 9.13 Å². The number of hydrogen-bond donors (Lipinski definition) is 0. The van der Waals surface area contributed by atoms with E-state index in [1.165, 1.54) is 159 Å². The fourth-order valence-corrected chi connectivity index (χ4v) is 12.0. The van der Waals surface area contributed by atoms with Gasteiger partial charge in [-0.05, 0) is 132 Å². The molecule has 14 rings (SSSR count). The van der Waals surface area contributed by atoms with Crippen LogP contribution in [0, 0.1) is 41.5 Å². The van der Waals surface area contributed by atoms with E-state index >= 15 is 0 Å². The van der Waals surface area contributed by atoms with Gasteiger partial charge in [-0.3, -0.25) is 0 Å². The Morgan fingerprint density at radius 3 is 1.23 bits per heavy atom. The Bertz CT molecular complexity index is 3680. The second-order valence-electron chi connectivity index (χ2n) is 17.7. The van der Waals surface area contributed by atoms with Crippen LogP contribution in [0.15, 0.2) is 115 Å². The first kappa shape index (κ1) is 30.6. The molecule has 0 unspecified atom stereocenters. The summed E-state index contributed by atoms with van der Waals surface area (Å²) in [7, 11) is 0. The van der Waals surface area contributed by atoms with Gasteiger partial charge in [0, 0.05) is 48.7 Å². The predicted octanol–water partition coefficient (Wildman–Crippen LogP) is 12.1. The molecule has 266 valence electrons. The van der Waals surface area contributed by atoms with Gasteiger partial charge in [-0.15, -0.1) is 0 Å². The zero-order valence-electron chi connectivity index (χ0n) is 32.9. The maximum Gasteiger partial charge on any atom is 0.252 e. The molecule has 0 bridgehead atoms. The fraction of sp³-hybridized carbons (Fsp3) is 0.111. The minimum absolute atomic E-state index is 0.0530. The van der Waals surface area contributed by atoms with Crippen molar-refractivity contribution in [3.8, 4) is 11.4 Å². The Morgan fingerprint density at radius 1 is 0.333 bits per heavy atom. The number of benzene rings is 10.